The minimum atomic E-state index is -0.936. The maximum atomic E-state index is 13.7. The summed E-state index contributed by atoms with van der Waals surface area (Å²) in [5.41, 5.74) is 1.77. The molecule has 0 atom stereocenters. The van der Waals surface area contributed by atoms with Crippen LogP contribution in [0.2, 0.25) is 0 Å². The number of aromatic amines is 1. The quantitative estimate of drug-likeness (QED) is 0.272. The van der Waals surface area contributed by atoms with Crippen LogP contribution in [0.4, 0.5) is 20.4 Å². The Labute approximate surface area is 228 Å². The van der Waals surface area contributed by atoms with Crippen molar-refractivity contribution >= 4 is 17.5 Å². The number of carbonyl (C=O) groups is 1. The number of aromatic nitrogens is 4. The molecule has 0 radical (unpaired) electrons. The molecule has 40 heavy (non-hydrogen) atoms. The Morgan fingerprint density at radius 2 is 1.75 bits per heavy atom. The van der Waals surface area contributed by atoms with Gasteiger partial charge in [0.25, 0.3) is 0 Å². The summed E-state index contributed by atoms with van der Waals surface area (Å²) in [6.07, 6.45) is 0.872. The van der Waals surface area contributed by atoms with Crippen molar-refractivity contribution in [1.29, 1.82) is 5.26 Å². The number of amides is 1. The SMILES string of the molecule is CC1(C(=O)NCCC#N)COC(c2nc(-c3ccc(F)cc3)c(-c3ccnc(Nc4ccc(F)cc4)n3)[nH]2)OC1. The highest BCUT2D eigenvalue weighted by Crippen LogP contribution is 2.35. The molecule has 1 saturated heterocycles. The second-order valence-corrected chi connectivity index (χ2v) is 9.43. The summed E-state index contributed by atoms with van der Waals surface area (Å²) in [6, 6.07) is 15.3. The first-order valence-electron chi connectivity index (χ1n) is 12.4. The molecule has 2 aromatic carbocycles. The summed E-state index contributed by atoms with van der Waals surface area (Å²) in [5, 5.41) is 14.5. The van der Waals surface area contributed by atoms with Gasteiger partial charge in [0.15, 0.2) is 5.82 Å². The lowest BCUT2D eigenvalue weighted by Gasteiger charge is -2.35. The number of imidazole rings is 1. The third kappa shape index (κ3) is 5.96. The molecule has 0 spiro atoms. The lowest BCUT2D eigenvalue weighted by atomic mass is 9.91. The van der Waals surface area contributed by atoms with Crippen molar-refractivity contribution in [3.8, 4) is 28.7 Å². The molecule has 3 heterocycles. The second-order valence-electron chi connectivity index (χ2n) is 9.43. The van der Waals surface area contributed by atoms with Gasteiger partial charge in [-0.05, 0) is 61.5 Å². The molecule has 4 aromatic rings. The van der Waals surface area contributed by atoms with Gasteiger partial charge >= 0.3 is 0 Å². The van der Waals surface area contributed by atoms with E-state index in [1.54, 1.807) is 43.5 Å². The summed E-state index contributed by atoms with van der Waals surface area (Å²) < 4.78 is 38.8. The van der Waals surface area contributed by atoms with Crippen LogP contribution in [-0.2, 0) is 14.3 Å². The van der Waals surface area contributed by atoms with Gasteiger partial charge in [0.05, 0.1) is 48.2 Å². The Morgan fingerprint density at radius 1 is 1.07 bits per heavy atom. The second kappa shape index (κ2) is 11.6. The largest absolute Gasteiger partial charge is 0.354 e. The summed E-state index contributed by atoms with van der Waals surface area (Å²) in [7, 11) is 0. The molecule has 10 nitrogen and oxygen atoms in total. The maximum Gasteiger partial charge on any atom is 0.230 e. The summed E-state index contributed by atoms with van der Waals surface area (Å²) in [6.45, 7) is 2.10. The smallest absolute Gasteiger partial charge is 0.230 e. The molecule has 1 fully saturated rings. The summed E-state index contributed by atoms with van der Waals surface area (Å²) in [4.78, 5) is 29.4. The molecule has 204 valence electrons. The highest BCUT2D eigenvalue weighted by Gasteiger charge is 2.40. The van der Waals surface area contributed by atoms with Gasteiger partial charge in [-0.15, -0.1) is 0 Å². The molecule has 5 rings (SSSR count). The van der Waals surface area contributed by atoms with Crippen LogP contribution in [0.15, 0.2) is 60.8 Å². The third-order valence-electron chi connectivity index (χ3n) is 6.25. The van der Waals surface area contributed by atoms with Crippen LogP contribution >= 0.6 is 0 Å². The van der Waals surface area contributed by atoms with Crippen LogP contribution in [0.5, 0.6) is 0 Å². The Hall–Kier alpha value is -4.73. The number of anilines is 2. The van der Waals surface area contributed by atoms with E-state index in [2.05, 4.69) is 25.6 Å². The molecule has 0 saturated carbocycles. The van der Waals surface area contributed by atoms with Gasteiger partial charge in [0.1, 0.15) is 11.6 Å². The van der Waals surface area contributed by atoms with Crippen molar-refractivity contribution in [1.82, 2.24) is 25.3 Å². The van der Waals surface area contributed by atoms with E-state index in [1.807, 2.05) is 6.07 Å². The van der Waals surface area contributed by atoms with Crippen LogP contribution in [-0.4, -0.2) is 45.6 Å². The van der Waals surface area contributed by atoms with Crippen LogP contribution in [0, 0.1) is 28.4 Å². The van der Waals surface area contributed by atoms with Gasteiger partial charge in [0, 0.05) is 24.0 Å². The average Bonchev–Trinajstić information content (AvgIpc) is 3.41. The fourth-order valence-corrected chi connectivity index (χ4v) is 4.07. The number of nitrogens with zero attached hydrogens (tertiary/aromatic N) is 4. The van der Waals surface area contributed by atoms with Crippen LogP contribution in [0.1, 0.15) is 25.5 Å². The van der Waals surface area contributed by atoms with E-state index in [0.717, 1.165) is 0 Å². The van der Waals surface area contributed by atoms with Crippen LogP contribution in [0.25, 0.3) is 22.6 Å². The molecular formula is C28H25F2N7O3. The highest BCUT2D eigenvalue weighted by atomic mass is 19.1. The number of benzene rings is 2. The first-order chi connectivity index (χ1) is 19.3. The first-order valence-corrected chi connectivity index (χ1v) is 12.4. The van der Waals surface area contributed by atoms with Crippen molar-refractivity contribution in [3.05, 3.63) is 78.3 Å². The monoisotopic (exact) mass is 545 g/mol. The maximum absolute atomic E-state index is 13.7. The topological polar surface area (TPSA) is 138 Å². The van der Waals surface area contributed by atoms with Crippen molar-refractivity contribution < 1.29 is 23.0 Å². The number of nitrogens with one attached hydrogen (secondary N) is 3. The molecule has 1 aliphatic rings. The van der Waals surface area contributed by atoms with E-state index in [-0.39, 0.29) is 49.7 Å². The first kappa shape index (κ1) is 26.9. The van der Waals surface area contributed by atoms with Gasteiger partial charge in [-0.3, -0.25) is 4.79 Å². The summed E-state index contributed by atoms with van der Waals surface area (Å²) >= 11 is 0. The highest BCUT2D eigenvalue weighted by molar-refractivity contribution is 5.82. The number of H-pyrrole nitrogens is 1. The fourth-order valence-electron chi connectivity index (χ4n) is 4.07. The number of ether oxygens (including phenoxy) is 2. The minimum Gasteiger partial charge on any atom is -0.354 e. The Bertz CT molecular complexity index is 1530. The minimum absolute atomic E-state index is 0.0667. The standard InChI is InChI=1S/C28H25F2N7O3/c1-28(26(38)32-13-2-12-31)15-39-25(40-16-28)24-36-22(17-3-5-18(29)6-4-17)23(37-24)21-11-14-33-27(35-21)34-20-9-7-19(30)8-10-20/h3-11,14,25H,2,13,15-16H2,1H3,(H,32,38)(H,36,37)(H,33,34,35). The molecule has 1 amide bonds. The number of carbonyl (C=O) groups excluding carboxylic acids is 1. The van der Waals surface area contributed by atoms with E-state index in [0.29, 0.717) is 34.2 Å². The number of hydrogen-bond acceptors (Lipinski definition) is 8. The van der Waals surface area contributed by atoms with E-state index in [4.69, 9.17) is 19.7 Å². The van der Waals surface area contributed by atoms with Gasteiger partial charge in [0.2, 0.25) is 18.1 Å². The van der Waals surface area contributed by atoms with Crippen molar-refractivity contribution in [3.63, 3.8) is 0 Å². The lowest BCUT2D eigenvalue weighted by Crippen LogP contribution is -2.48. The zero-order chi connectivity index (χ0) is 28.1. The zero-order valence-electron chi connectivity index (χ0n) is 21.4. The average molecular weight is 546 g/mol. The molecule has 0 unspecified atom stereocenters. The normalized spacial score (nSPS) is 18.6. The predicted octanol–water partition coefficient (Wildman–Crippen LogP) is 4.64. The Kier molecular flexibility index (Phi) is 7.77. The zero-order valence-corrected chi connectivity index (χ0v) is 21.4. The Balaban J connectivity index is 1.42. The van der Waals surface area contributed by atoms with Crippen molar-refractivity contribution in [2.75, 3.05) is 25.1 Å². The number of rotatable bonds is 8. The van der Waals surface area contributed by atoms with E-state index in [9.17, 15) is 13.6 Å². The van der Waals surface area contributed by atoms with E-state index < -0.39 is 11.7 Å². The van der Waals surface area contributed by atoms with E-state index >= 15 is 0 Å². The van der Waals surface area contributed by atoms with E-state index in [1.165, 1.54) is 24.3 Å². The molecule has 1 aliphatic heterocycles. The number of nitriles is 1. The molecule has 2 aromatic heterocycles. The number of hydrogen-bond donors (Lipinski definition) is 3. The van der Waals surface area contributed by atoms with Gasteiger partial charge in [-0.2, -0.15) is 5.26 Å². The number of halogens is 2. The molecule has 3 N–H and O–H groups in total. The Morgan fingerprint density at radius 3 is 2.42 bits per heavy atom. The predicted molar refractivity (Wildman–Crippen MR) is 141 cm³/mol. The molecule has 0 bridgehead atoms. The third-order valence-corrected chi connectivity index (χ3v) is 6.25. The lowest BCUT2D eigenvalue weighted by molar-refractivity contribution is -0.231. The van der Waals surface area contributed by atoms with Gasteiger partial charge in [-0.1, -0.05) is 0 Å². The molecule has 12 heteroatoms. The van der Waals surface area contributed by atoms with Gasteiger partial charge < -0.3 is 25.1 Å². The van der Waals surface area contributed by atoms with Crippen LogP contribution in [0.3, 0.4) is 0 Å². The molecule has 0 aliphatic carbocycles. The summed E-state index contributed by atoms with van der Waals surface area (Å²) in [5.74, 6) is -0.404. The van der Waals surface area contributed by atoms with Crippen LogP contribution < -0.4 is 10.6 Å². The molecular weight excluding hydrogens is 520 g/mol. The van der Waals surface area contributed by atoms with Crippen molar-refractivity contribution in [2.45, 2.75) is 19.6 Å². The fraction of sp³-hybridized carbons (Fsp3) is 0.250. The van der Waals surface area contributed by atoms with Crippen molar-refractivity contribution in [2.24, 2.45) is 5.41 Å². The van der Waals surface area contributed by atoms with Gasteiger partial charge in [-0.25, -0.2) is 23.7 Å².